The van der Waals surface area contributed by atoms with Gasteiger partial charge in [0.15, 0.2) is 0 Å². The molecule has 4 rings (SSSR count). The van der Waals surface area contributed by atoms with Gasteiger partial charge in [-0.05, 0) is 83.6 Å². The number of hydrogen-bond acceptors (Lipinski definition) is 3. The van der Waals surface area contributed by atoms with E-state index in [1.165, 1.54) is 25.7 Å². The molecule has 1 aliphatic heterocycles. The third-order valence-electron chi connectivity index (χ3n) is 7.06. The molecule has 0 atom stereocenters. The average Bonchev–Trinajstić information content (AvgIpc) is 2.76. The lowest BCUT2D eigenvalue weighted by atomic mass is 9.58. The van der Waals surface area contributed by atoms with Gasteiger partial charge in [0.25, 0.3) is 0 Å². The van der Waals surface area contributed by atoms with Crippen LogP contribution in [-0.4, -0.2) is 36.8 Å². The van der Waals surface area contributed by atoms with E-state index >= 15 is 0 Å². The van der Waals surface area contributed by atoms with Gasteiger partial charge in [-0.2, -0.15) is 0 Å². The van der Waals surface area contributed by atoms with Crippen LogP contribution >= 0.6 is 15.9 Å². The average molecular weight is 497 g/mol. The lowest BCUT2D eigenvalue weighted by molar-refractivity contribution is 0.0105. The lowest BCUT2D eigenvalue weighted by Gasteiger charge is -2.52. The zero-order valence-electron chi connectivity index (χ0n) is 19.2. The first-order chi connectivity index (χ1) is 15.3. The van der Waals surface area contributed by atoms with Gasteiger partial charge in [-0.25, -0.2) is 0 Å². The summed E-state index contributed by atoms with van der Waals surface area (Å²) in [6, 6.07) is 12.0. The fourth-order valence-electron chi connectivity index (χ4n) is 5.35. The Morgan fingerprint density at radius 3 is 2.53 bits per heavy atom. The van der Waals surface area contributed by atoms with Gasteiger partial charge in [-0.15, -0.1) is 0 Å². The van der Waals surface area contributed by atoms with Gasteiger partial charge in [0.1, 0.15) is 17.4 Å². The highest BCUT2D eigenvalue weighted by Crippen LogP contribution is 2.52. The molecule has 32 heavy (non-hydrogen) atoms. The molecule has 0 amide bonds. The number of aliphatic imine (C=N–C) groups is 1. The van der Waals surface area contributed by atoms with E-state index in [0.717, 1.165) is 51.5 Å². The number of nitrogens with zero attached hydrogens (tertiary/aromatic N) is 2. The van der Waals surface area contributed by atoms with E-state index in [-0.39, 0.29) is 0 Å². The van der Waals surface area contributed by atoms with Crippen LogP contribution in [0.2, 0.25) is 0 Å². The van der Waals surface area contributed by atoms with Gasteiger partial charge < -0.3 is 15.4 Å². The lowest BCUT2D eigenvalue weighted by Crippen LogP contribution is -2.48. The Kier molecular flexibility index (Phi) is 6.61. The molecule has 1 heterocycles. The number of nitrogens with one attached hydrogen (secondary N) is 1. The fraction of sp³-hybridized carbons (Fsp3) is 0.462. The molecule has 0 aromatic heterocycles. The molecule has 2 aromatic carbocycles. The number of hydrogen-bond donors (Lipinski definition) is 2. The molecule has 5 nitrogen and oxygen atoms in total. The number of methoxy groups -OCH3 is 1. The first kappa shape index (κ1) is 22.8. The third-order valence-corrected chi connectivity index (χ3v) is 7.68. The van der Waals surface area contributed by atoms with E-state index in [1.54, 1.807) is 7.11 Å². The van der Waals surface area contributed by atoms with E-state index in [1.807, 2.05) is 37.3 Å². The molecule has 1 aliphatic carbocycles. The SMILES string of the molecule is COc1ccc(CN=C(N)c2cc(C)ccc2C(=N)N2CCC3(CC2)CC(C)C3)cc1Br. The first-order valence-electron chi connectivity index (χ1n) is 11.4. The number of rotatable bonds is 5. The highest BCUT2D eigenvalue weighted by Gasteiger charge is 2.44. The Balaban J connectivity index is 1.50. The van der Waals surface area contributed by atoms with Crippen molar-refractivity contribution in [3.05, 3.63) is 63.1 Å². The van der Waals surface area contributed by atoms with E-state index < -0.39 is 0 Å². The molecule has 3 N–H and O–H groups in total. The molecule has 1 saturated carbocycles. The smallest absolute Gasteiger partial charge is 0.133 e. The minimum atomic E-state index is 0.472. The predicted octanol–water partition coefficient (Wildman–Crippen LogP) is 5.51. The van der Waals surface area contributed by atoms with E-state index in [4.69, 9.17) is 15.9 Å². The molecule has 0 radical (unpaired) electrons. The largest absolute Gasteiger partial charge is 0.496 e. The van der Waals surface area contributed by atoms with Crippen LogP contribution in [0.4, 0.5) is 0 Å². The predicted molar refractivity (Wildman–Crippen MR) is 135 cm³/mol. The highest BCUT2D eigenvalue weighted by molar-refractivity contribution is 9.10. The topological polar surface area (TPSA) is 74.7 Å². The summed E-state index contributed by atoms with van der Waals surface area (Å²) >= 11 is 3.53. The Morgan fingerprint density at radius 2 is 1.91 bits per heavy atom. The summed E-state index contributed by atoms with van der Waals surface area (Å²) in [6.07, 6.45) is 5.09. The summed E-state index contributed by atoms with van der Waals surface area (Å²) in [5.41, 5.74) is 10.9. The summed E-state index contributed by atoms with van der Waals surface area (Å²) in [5.74, 6) is 2.70. The monoisotopic (exact) mass is 496 g/mol. The molecule has 1 saturated heterocycles. The standard InChI is InChI=1S/C26H33BrN4O/c1-17-4-6-20(25(29)31-10-8-26(9-11-31)14-18(2)15-26)21(12-17)24(28)30-16-19-5-7-23(32-3)22(27)13-19/h4-7,12-13,18,29H,8-11,14-16H2,1-3H3,(H2,28,30). The molecular weight excluding hydrogens is 464 g/mol. The van der Waals surface area contributed by atoms with Crippen molar-refractivity contribution in [3.63, 3.8) is 0 Å². The van der Waals surface area contributed by atoms with Crippen LogP contribution in [0, 0.1) is 23.7 Å². The van der Waals surface area contributed by atoms with Crippen molar-refractivity contribution in [3.8, 4) is 5.75 Å². The minimum absolute atomic E-state index is 0.472. The second-order valence-corrected chi connectivity index (χ2v) is 10.4. The number of nitrogens with two attached hydrogens (primary N) is 1. The second kappa shape index (κ2) is 9.26. The third kappa shape index (κ3) is 4.70. The summed E-state index contributed by atoms with van der Waals surface area (Å²) in [4.78, 5) is 6.88. The number of likely N-dealkylation sites (tertiary alicyclic amines) is 1. The zero-order valence-corrected chi connectivity index (χ0v) is 20.8. The Labute approximate surface area is 199 Å². The van der Waals surface area contributed by atoms with Crippen LogP contribution in [0.5, 0.6) is 5.75 Å². The first-order valence-corrected chi connectivity index (χ1v) is 12.2. The number of piperidine rings is 1. The van der Waals surface area contributed by atoms with E-state index in [2.05, 4.69) is 38.8 Å². The van der Waals surface area contributed by atoms with Crippen LogP contribution < -0.4 is 10.5 Å². The molecule has 2 fully saturated rings. The van der Waals surface area contributed by atoms with Crippen LogP contribution in [0.3, 0.4) is 0 Å². The van der Waals surface area contributed by atoms with Gasteiger partial charge in [0, 0.05) is 24.2 Å². The van der Waals surface area contributed by atoms with Crippen LogP contribution in [0.1, 0.15) is 54.9 Å². The van der Waals surface area contributed by atoms with Crippen LogP contribution in [0.15, 0.2) is 45.9 Å². The molecule has 170 valence electrons. The molecule has 2 aliphatic rings. The zero-order chi connectivity index (χ0) is 22.9. The maximum Gasteiger partial charge on any atom is 0.133 e. The van der Waals surface area contributed by atoms with Gasteiger partial charge in [-0.3, -0.25) is 10.4 Å². The molecule has 0 bridgehead atoms. The second-order valence-electron chi connectivity index (χ2n) is 9.57. The Hall–Kier alpha value is -2.34. The van der Waals surface area contributed by atoms with Crippen LogP contribution in [0.25, 0.3) is 0 Å². The number of benzene rings is 2. The molecule has 1 spiro atoms. The van der Waals surface area contributed by atoms with Gasteiger partial charge in [-0.1, -0.05) is 30.7 Å². The van der Waals surface area contributed by atoms with Crippen molar-refractivity contribution >= 4 is 27.6 Å². The Morgan fingerprint density at radius 1 is 1.19 bits per heavy atom. The molecular formula is C26H33BrN4O. The van der Waals surface area contributed by atoms with Crippen molar-refractivity contribution in [1.82, 2.24) is 4.90 Å². The summed E-state index contributed by atoms with van der Waals surface area (Å²) < 4.78 is 6.20. The van der Waals surface area contributed by atoms with Gasteiger partial charge in [0.05, 0.1) is 18.1 Å². The van der Waals surface area contributed by atoms with E-state index in [0.29, 0.717) is 23.6 Å². The van der Waals surface area contributed by atoms with Crippen molar-refractivity contribution < 1.29 is 4.74 Å². The quantitative estimate of drug-likeness (QED) is 0.423. The normalized spacial score (nSPS) is 18.5. The number of amidine groups is 2. The summed E-state index contributed by atoms with van der Waals surface area (Å²) in [5, 5.41) is 8.94. The van der Waals surface area contributed by atoms with Crippen molar-refractivity contribution in [2.45, 2.75) is 46.1 Å². The molecule has 0 unspecified atom stereocenters. The maximum absolute atomic E-state index is 8.94. The van der Waals surface area contributed by atoms with E-state index in [9.17, 15) is 0 Å². The van der Waals surface area contributed by atoms with Gasteiger partial charge in [0.2, 0.25) is 0 Å². The Bertz CT molecular complexity index is 1030. The fourth-order valence-corrected chi connectivity index (χ4v) is 5.94. The highest BCUT2D eigenvalue weighted by atomic mass is 79.9. The summed E-state index contributed by atoms with van der Waals surface area (Å²) in [7, 11) is 1.65. The number of ether oxygens (including phenoxy) is 1. The summed E-state index contributed by atoms with van der Waals surface area (Å²) in [6.45, 7) is 6.78. The minimum Gasteiger partial charge on any atom is -0.496 e. The van der Waals surface area contributed by atoms with Crippen LogP contribution in [-0.2, 0) is 6.54 Å². The number of halogens is 1. The number of aryl methyl sites for hydroxylation is 1. The molecule has 6 heteroatoms. The van der Waals surface area contributed by atoms with Crippen molar-refractivity contribution in [2.75, 3.05) is 20.2 Å². The van der Waals surface area contributed by atoms with Crippen molar-refractivity contribution in [1.29, 1.82) is 5.41 Å². The van der Waals surface area contributed by atoms with Crippen molar-refractivity contribution in [2.24, 2.45) is 22.1 Å². The maximum atomic E-state index is 8.94. The van der Waals surface area contributed by atoms with Gasteiger partial charge >= 0.3 is 0 Å². The molecule has 2 aromatic rings.